The van der Waals surface area contributed by atoms with E-state index in [1.165, 1.54) is 0 Å². The summed E-state index contributed by atoms with van der Waals surface area (Å²) >= 11 is 0.848. The summed E-state index contributed by atoms with van der Waals surface area (Å²) < 4.78 is 9.14. The van der Waals surface area contributed by atoms with Gasteiger partial charge in [0.1, 0.15) is 0 Å². The molecule has 0 saturated carbocycles. The molecule has 0 atom stereocenters. The Bertz CT molecular complexity index is 916. The van der Waals surface area contributed by atoms with Crippen LogP contribution in [0.2, 0.25) is 0 Å². The number of fused-ring (bicyclic) bond motifs is 2. The topological polar surface area (TPSA) is 74.7 Å². The van der Waals surface area contributed by atoms with Crippen molar-refractivity contribution in [1.82, 2.24) is 4.90 Å². The first-order valence-corrected chi connectivity index (χ1v) is 9.36. The molecule has 2 aliphatic rings. The van der Waals surface area contributed by atoms with E-state index in [2.05, 4.69) is 0 Å². The van der Waals surface area contributed by atoms with Crippen LogP contribution in [0.25, 0.3) is 0 Å². The summed E-state index contributed by atoms with van der Waals surface area (Å²) in [5, 5.41) is 0.165. The van der Waals surface area contributed by atoms with Gasteiger partial charge < -0.3 is 9.45 Å². The Kier molecular flexibility index (Phi) is 4.38. The van der Waals surface area contributed by atoms with Crippen molar-refractivity contribution in [2.45, 2.75) is 18.1 Å². The number of likely N-dealkylation sites (tertiary alicyclic amines) is 1. The normalized spacial score (nSPS) is 17.0. The molecule has 1 heterocycles. The molecule has 0 spiro atoms. The van der Waals surface area contributed by atoms with Gasteiger partial charge in [-0.1, -0.05) is 24.3 Å². The minimum Gasteiger partial charge on any atom is -0.339 e. The van der Waals surface area contributed by atoms with E-state index in [-0.39, 0.29) is 22.7 Å². The first-order chi connectivity index (χ1) is 12.6. The van der Waals surface area contributed by atoms with Gasteiger partial charge in [-0.3, -0.25) is 14.4 Å². The second kappa shape index (κ2) is 6.70. The smallest absolute Gasteiger partial charge is 0.253 e. The third kappa shape index (κ3) is 2.75. The summed E-state index contributed by atoms with van der Waals surface area (Å²) in [7, 11) is 0. The van der Waals surface area contributed by atoms with Crippen molar-refractivity contribution in [3.8, 4) is 0 Å². The third-order valence-corrected chi connectivity index (χ3v) is 5.82. The quantitative estimate of drug-likeness (QED) is 0.704. The first kappa shape index (κ1) is 17.0. The summed E-state index contributed by atoms with van der Waals surface area (Å²) in [6, 6.07) is 11.5. The highest BCUT2D eigenvalue weighted by Gasteiger charge is 2.31. The molecular weight excluding hydrogens is 350 g/mol. The average molecular weight is 367 g/mol. The van der Waals surface area contributed by atoms with E-state index in [1.54, 1.807) is 47.4 Å². The lowest BCUT2D eigenvalue weighted by Crippen LogP contribution is -2.39. The number of amides is 1. The molecule has 1 aliphatic carbocycles. The number of piperidine rings is 1. The van der Waals surface area contributed by atoms with Crippen LogP contribution in [0.5, 0.6) is 0 Å². The molecule has 5 nitrogen and oxygen atoms in total. The molecule has 2 aromatic rings. The molecule has 2 aromatic carbocycles. The standard InChI is InChI=1S/C20H17NO4S/c22-18-14-3-1-2-4-15(14)19(23)17-11-12(5-6-16(17)18)20(24)21-9-7-13(26-25)8-10-21/h1-6,11,13,25H,7-10H2. The Hall–Kier alpha value is -2.44. The Morgan fingerprint density at radius 2 is 1.50 bits per heavy atom. The molecule has 1 aliphatic heterocycles. The molecule has 132 valence electrons. The van der Waals surface area contributed by atoms with Gasteiger partial charge in [0.15, 0.2) is 11.6 Å². The van der Waals surface area contributed by atoms with Crippen LogP contribution in [0.4, 0.5) is 0 Å². The van der Waals surface area contributed by atoms with Gasteiger partial charge >= 0.3 is 0 Å². The molecule has 0 radical (unpaired) electrons. The number of ketones is 2. The fourth-order valence-electron chi connectivity index (χ4n) is 3.58. The average Bonchev–Trinajstić information content (AvgIpc) is 2.71. The highest BCUT2D eigenvalue weighted by Crippen LogP contribution is 2.29. The van der Waals surface area contributed by atoms with Crippen LogP contribution in [0.15, 0.2) is 42.5 Å². The highest BCUT2D eigenvalue weighted by molar-refractivity contribution is 7.94. The van der Waals surface area contributed by atoms with Gasteiger partial charge in [-0.15, -0.1) is 0 Å². The zero-order chi connectivity index (χ0) is 18.3. The number of carbonyl (C=O) groups is 3. The zero-order valence-corrected chi connectivity index (χ0v) is 14.8. The fraction of sp³-hybridized carbons (Fsp3) is 0.250. The Morgan fingerprint density at radius 1 is 0.923 bits per heavy atom. The minimum atomic E-state index is -0.222. The van der Waals surface area contributed by atoms with E-state index in [0.29, 0.717) is 40.9 Å². The van der Waals surface area contributed by atoms with Crippen molar-refractivity contribution >= 4 is 29.5 Å². The summed E-state index contributed by atoms with van der Waals surface area (Å²) in [5.74, 6) is -0.552. The Balaban J connectivity index is 1.64. The van der Waals surface area contributed by atoms with Crippen molar-refractivity contribution in [3.05, 3.63) is 70.3 Å². The first-order valence-electron chi connectivity index (χ1n) is 8.52. The maximum absolute atomic E-state index is 12.8. The van der Waals surface area contributed by atoms with Gasteiger partial charge in [-0.2, -0.15) is 0 Å². The van der Waals surface area contributed by atoms with Crippen molar-refractivity contribution in [2.75, 3.05) is 13.1 Å². The number of carbonyl (C=O) groups excluding carboxylic acids is 3. The molecule has 1 saturated heterocycles. The van der Waals surface area contributed by atoms with Crippen LogP contribution in [0.3, 0.4) is 0 Å². The van der Waals surface area contributed by atoms with Gasteiger partial charge in [0.05, 0.1) is 0 Å². The lowest BCUT2D eigenvalue weighted by Gasteiger charge is -2.30. The van der Waals surface area contributed by atoms with Gasteiger partial charge in [-0.25, -0.2) is 0 Å². The van der Waals surface area contributed by atoms with E-state index in [0.717, 1.165) is 24.9 Å². The molecule has 26 heavy (non-hydrogen) atoms. The van der Waals surface area contributed by atoms with E-state index in [4.69, 9.17) is 4.55 Å². The lowest BCUT2D eigenvalue weighted by molar-refractivity contribution is 0.0726. The molecule has 4 rings (SSSR count). The van der Waals surface area contributed by atoms with E-state index in [1.807, 2.05) is 0 Å². The number of hydrogen-bond donors (Lipinski definition) is 1. The maximum atomic E-state index is 12.8. The molecular formula is C20H17NO4S. The SMILES string of the molecule is O=C1c2ccccc2C(=O)c2cc(C(=O)N3CCC(SO)CC3)ccc21. The van der Waals surface area contributed by atoms with Gasteiger partial charge in [0, 0.05) is 46.2 Å². The van der Waals surface area contributed by atoms with Crippen molar-refractivity contribution in [1.29, 1.82) is 0 Å². The van der Waals surface area contributed by atoms with Crippen LogP contribution < -0.4 is 0 Å². The molecule has 0 unspecified atom stereocenters. The maximum Gasteiger partial charge on any atom is 0.253 e. The number of nitrogens with zero attached hydrogens (tertiary/aromatic N) is 1. The van der Waals surface area contributed by atoms with Gasteiger partial charge in [-0.05, 0) is 43.1 Å². The molecule has 6 heteroatoms. The highest BCUT2D eigenvalue weighted by atomic mass is 32.2. The van der Waals surface area contributed by atoms with Crippen molar-refractivity contribution < 1.29 is 18.9 Å². The van der Waals surface area contributed by atoms with Crippen LogP contribution in [-0.2, 0) is 0 Å². The summed E-state index contributed by atoms with van der Waals surface area (Å²) in [4.78, 5) is 39.9. The minimum absolute atomic E-state index is 0.145. The number of rotatable bonds is 2. The molecule has 1 amide bonds. The Morgan fingerprint density at radius 3 is 2.12 bits per heavy atom. The fourth-order valence-corrected chi connectivity index (χ4v) is 4.00. The third-order valence-electron chi connectivity index (χ3n) is 5.05. The van der Waals surface area contributed by atoms with Gasteiger partial charge in [0.25, 0.3) is 5.91 Å². The summed E-state index contributed by atoms with van der Waals surface area (Å²) in [5.41, 5.74) is 1.85. The molecule has 1 fully saturated rings. The molecule has 0 aromatic heterocycles. The predicted molar refractivity (Wildman–Crippen MR) is 98.9 cm³/mol. The predicted octanol–water partition coefficient (Wildman–Crippen LogP) is 3.27. The van der Waals surface area contributed by atoms with Crippen LogP contribution in [0.1, 0.15) is 55.0 Å². The second-order valence-corrected chi connectivity index (χ2v) is 7.44. The summed E-state index contributed by atoms with van der Waals surface area (Å²) in [6.07, 6.45) is 1.48. The van der Waals surface area contributed by atoms with E-state index < -0.39 is 0 Å². The van der Waals surface area contributed by atoms with Crippen molar-refractivity contribution in [3.63, 3.8) is 0 Å². The van der Waals surface area contributed by atoms with E-state index in [9.17, 15) is 14.4 Å². The molecule has 0 bridgehead atoms. The monoisotopic (exact) mass is 367 g/mol. The molecule has 1 N–H and O–H groups in total. The van der Waals surface area contributed by atoms with E-state index >= 15 is 0 Å². The largest absolute Gasteiger partial charge is 0.339 e. The van der Waals surface area contributed by atoms with Crippen LogP contribution in [-0.4, -0.2) is 45.3 Å². The van der Waals surface area contributed by atoms with Crippen LogP contribution in [0, 0.1) is 0 Å². The van der Waals surface area contributed by atoms with Gasteiger partial charge in [0.2, 0.25) is 0 Å². The van der Waals surface area contributed by atoms with Crippen LogP contribution >= 0.6 is 12.0 Å². The second-order valence-electron chi connectivity index (χ2n) is 6.56. The lowest BCUT2D eigenvalue weighted by atomic mass is 9.83. The van der Waals surface area contributed by atoms with Crippen molar-refractivity contribution in [2.24, 2.45) is 0 Å². The number of benzene rings is 2. The Labute approximate surface area is 155 Å². The zero-order valence-electron chi connectivity index (χ0n) is 14.0. The summed E-state index contributed by atoms with van der Waals surface area (Å²) in [6.45, 7) is 1.15. The number of hydrogen-bond acceptors (Lipinski definition) is 5.